The number of ether oxygens (including phenoxy) is 1. The zero-order chi connectivity index (χ0) is 11.9. The maximum absolute atomic E-state index is 6.14. The van der Waals surface area contributed by atoms with Crippen LogP contribution in [0.3, 0.4) is 0 Å². The predicted molar refractivity (Wildman–Crippen MR) is 71.0 cm³/mol. The fourth-order valence-electron chi connectivity index (χ4n) is 1.62. The average Bonchev–Trinajstić information content (AvgIpc) is 2.39. The first-order chi connectivity index (χ1) is 8.34. The lowest BCUT2D eigenvalue weighted by atomic mass is 10.2. The van der Waals surface area contributed by atoms with E-state index >= 15 is 0 Å². The van der Waals surface area contributed by atoms with Gasteiger partial charge in [-0.05, 0) is 11.1 Å². The van der Waals surface area contributed by atoms with E-state index < -0.39 is 0 Å². The van der Waals surface area contributed by atoms with Crippen LogP contribution in [0.1, 0.15) is 11.1 Å². The Morgan fingerprint density at radius 1 is 0.824 bits per heavy atom. The second-order valence-corrected chi connectivity index (χ2v) is 4.38. The van der Waals surface area contributed by atoms with Crippen LogP contribution in [-0.2, 0) is 17.8 Å². The van der Waals surface area contributed by atoms with E-state index in [1.807, 2.05) is 48.5 Å². The molecule has 2 rings (SSSR count). The minimum absolute atomic E-state index is 0.280. The third-order valence-corrected chi connectivity index (χ3v) is 2.79. The van der Waals surface area contributed by atoms with E-state index in [4.69, 9.17) is 16.3 Å². The molecule has 0 aliphatic rings. The number of halogens is 1. The Hall–Kier alpha value is -1.31. The second kappa shape index (κ2) is 6.43. The summed E-state index contributed by atoms with van der Waals surface area (Å²) in [6.45, 7) is 0.557. The van der Waals surface area contributed by atoms with Crippen LogP contribution in [0.2, 0.25) is 0 Å². The van der Waals surface area contributed by atoms with Crippen LogP contribution in [0, 0.1) is 0 Å². The molecule has 1 nitrogen and oxygen atoms in total. The van der Waals surface area contributed by atoms with Crippen LogP contribution in [0.25, 0.3) is 0 Å². The highest BCUT2D eigenvalue weighted by Gasteiger charge is 2.05. The van der Waals surface area contributed by atoms with E-state index in [0.29, 0.717) is 6.61 Å². The number of rotatable bonds is 5. The molecule has 0 bridgehead atoms. The number of benzene rings is 2. The van der Waals surface area contributed by atoms with Crippen LogP contribution in [-0.4, -0.2) is 5.56 Å². The fraction of sp³-hybridized carbons (Fsp3) is 0.200. The maximum atomic E-state index is 6.14. The molecule has 88 valence electrons. The Morgan fingerprint density at radius 3 is 1.94 bits per heavy atom. The van der Waals surface area contributed by atoms with E-state index in [2.05, 4.69) is 12.1 Å². The molecule has 0 fully saturated rings. The van der Waals surface area contributed by atoms with E-state index in [1.54, 1.807) is 0 Å². The first-order valence-corrected chi connectivity index (χ1v) is 6.12. The molecule has 0 heterocycles. The summed E-state index contributed by atoms with van der Waals surface area (Å²) in [6, 6.07) is 20.2. The Morgan fingerprint density at radius 2 is 1.35 bits per heavy atom. The Kier molecular flexibility index (Phi) is 4.60. The highest BCUT2D eigenvalue weighted by molar-refractivity contribution is 6.19. The molecule has 0 saturated heterocycles. The predicted octanol–water partition coefficient (Wildman–Crippen LogP) is 4.01. The summed E-state index contributed by atoms with van der Waals surface area (Å²) >= 11 is 6.14. The molecule has 0 amide bonds. The van der Waals surface area contributed by atoms with E-state index in [-0.39, 0.29) is 5.56 Å². The van der Waals surface area contributed by atoms with Gasteiger partial charge in [0, 0.05) is 6.42 Å². The Balaban J connectivity index is 1.80. The molecule has 0 aliphatic carbocycles. The van der Waals surface area contributed by atoms with Gasteiger partial charge in [0.25, 0.3) is 0 Å². The monoisotopic (exact) mass is 246 g/mol. The summed E-state index contributed by atoms with van der Waals surface area (Å²) in [5.41, 5.74) is 2.06. The van der Waals surface area contributed by atoms with Gasteiger partial charge in [-0.2, -0.15) is 0 Å². The standard InChI is InChI=1S/C15H15ClO/c16-15(11-13-7-3-1-4-8-13)17-12-14-9-5-2-6-10-14/h1-10,15H,11-12H2. The van der Waals surface area contributed by atoms with Crippen molar-refractivity contribution in [3.63, 3.8) is 0 Å². The van der Waals surface area contributed by atoms with Crippen LogP contribution < -0.4 is 0 Å². The fourth-order valence-corrected chi connectivity index (χ4v) is 1.86. The number of alkyl halides is 1. The smallest absolute Gasteiger partial charge is 0.135 e. The zero-order valence-corrected chi connectivity index (χ0v) is 10.3. The molecular formula is C15H15ClO. The molecule has 0 saturated carbocycles. The quantitative estimate of drug-likeness (QED) is 0.725. The van der Waals surface area contributed by atoms with Gasteiger partial charge >= 0.3 is 0 Å². The normalized spacial score (nSPS) is 12.3. The van der Waals surface area contributed by atoms with Crippen LogP contribution >= 0.6 is 11.6 Å². The van der Waals surface area contributed by atoms with Gasteiger partial charge in [-0.15, -0.1) is 0 Å². The first-order valence-electron chi connectivity index (χ1n) is 5.68. The SMILES string of the molecule is ClC(Cc1ccccc1)OCc1ccccc1. The summed E-state index contributed by atoms with van der Waals surface area (Å²) in [7, 11) is 0. The molecule has 2 heteroatoms. The molecule has 0 N–H and O–H groups in total. The number of hydrogen-bond acceptors (Lipinski definition) is 1. The molecule has 0 spiro atoms. The van der Waals surface area contributed by atoms with Gasteiger partial charge < -0.3 is 4.74 Å². The molecule has 1 atom stereocenters. The summed E-state index contributed by atoms with van der Waals surface area (Å²) in [5, 5.41) is 0. The van der Waals surface area contributed by atoms with E-state index in [0.717, 1.165) is 12.0 Å². The van der Waals surface area contributed by atoms with Crippen LogP contribution in [0.5, 0.6) is 0 Å². The minimum atomic E-state index is -0.280. The topological polar surface area (TPSA) is 9.23 Å². The third kappa shape index (κ3) is 4.22. The van der Waals surface area contributed by atoms with Gasteiger partial charge in [-0.1, -0.05) is 72.3 Å². The van der Waals surface area contributed by atoms with Crippen molar-refractivity contribution in [1.82, 2.24) is 0 Å². The van der Waals surface area contributed by atoms with Crippen molar-refractivity contribution in [2.75, 3.05) is 0 Å². The maximum Gasteiger partial charge on any atom is 0.135 e. The zero-order valence-electron chi connectivity index (χ0n) is 9.55. The summed E-state index contributed by atoms with van der Waals surface area (Å²) in [6.07, 6.45) is 0.731. The summed E-state index contributed by atoms with van der Waals surface area (Å²) in [4.78, 5) is 0. The largest absolute Gasteiger partial charge is 0.357 e. The molecule has 0 radical (unpaired) electrons. The van der Waals surface area contributed by atoms with Crippen molar-refractivity contribution in [2.45, 2.75) is 18.6 Å². The molecule has 0 aliphatic heterocycles. The van der Waals surface area contributed by atoms with E-state index in [1.165, 1.54) is 5.56 Å². The van der Waals surface area contributed by atoms with Gasteiger partial charge in [-0.3, -0.25) is 0 Å². The van der Waals surface area contributed by atoms with E-state index in [9.17, 15) is 0 Å². The molecule has 17 heavy (non-hydrogen) atoms. The van der Waals surface area contributed by atoms with Gasteiger partial charge in [-0.25, -0.2) is 0 Å². The third-order valence-electron chi connectivity index (χ3n) is 2.51. The summed E-state index contributed by atoms with van der Waals surface area (Å²) in [5.74, 6) is 0. The van der Waals surface area contributed by atoms with Crippen molar-refractivity contribution in [3.8, 4) is 0 Å². The van der Waals surface area contributed by atoms with Crippen molar-refractivity contribution in [1.29, 1.82) is 0 Å². The lowest BCUT2D eigenvalue weighted by Crippen LogP contribution is -2.08. The second-order valence-electron chi connectivity index (χ2n) is 3.90. The summed E-state index contributed by atoms with van der Waals surface area (Å²) < 4.78 is 5.60. The van der Waals surface area contributed by atoms with Crippen molar-refractivity contribution in [2.24, 2.45) is 0 Å². The number of hydrogen-bond donors (Lipinski definition) is 0. The van der Waals surface area contributed by atoms with Crippen LogP contribution in [0.15, 0.2) is 60.7 Å². The lowest BCUT2D eigenvalue weighted by molar-refractivity contribution is 0.0943. The molecule has 1 unspecified atom stereocenters. The minimum Gasteiger partial charge on any atom is -0.357 e. The van der Waals surface area contributed by atoms with Gasteiger partial charge in [0.1, 0.15) is 5.56 Å². The van der Waals surface area contributed by atoms with Crippen LogP contribution in [0.4, 0.5) is 0 Å². The van der Waals surface area contributed by atoms with Crippen molar-refractivity contribution >= 4 is 11.6 Å². The molecular weight excluding hydrogens is 232 g/mol. The molecule has 0 aromatic heterocycles. The van der Waals surface area contributed by atoms with Gasteiger partial charge in [0.05, 0.1) is 6.61 Å². The lowest BCUT2D eigenvalue weighted by Gasteiger charge is -2.11. The Bertz CT molecular complexity index is 427. The molecule has 2 aromatic carbocycles. The highest BCUT2D eigenvalue weighted by atomic mass is 35.5. The van der Waals surface area contributed by atoms with Crippen molar-refractivity contribution in [3.05, 3.63) is 71.8 Å². The Labute approximate surface area is 107 Å². The van der Waals surface area contributed by atoms with Crippen molar-refractivity contribution < 1.29 is 4.74 Å². The molecule has 2 aromatic rings. The van der Waals surface area contributed by atoms with Gasteiger partial charge in [0.2, 0.25) is 0 Å². The first kappa shape index (κ1) is 12.2. The average molecular weight is 247 g/mol. The highest BCUT2D eigenvalue weighted by Crippen LogP contribution is 2.11. The van der Waals surface area contributed by atoms with Gasteiger partial charge in [0.15, 0.2) is 0 Å².